The van der Waals surface area contributed by atoms with Crippen LogP contribution in [0.5, 0.6) is 0 Å². The molecule has 4 aliphatic rings. The number of anilines is 1. The molecule has 4 saturated carbocycles. The quantitative estimate of drug-likeness (QED) is 0.646. The van der Waals surface area contributed by atoms with Gasteiger partial charge in [0, 0.05) is 6.42 Å². The number of carbonyl (C=O) groups excluding carboxylic acids is 1. The van der Waals surface area contributed by atoms with Gasteiger partial charge in [0.25, 0.3) is 0 Å². The van der Waals surface area contributed by atoms with Crippen molar-refractivity contribution in [2.24, 2.45) is 23.2 Å². The van der Waals surface area contributed by atoms with Gasteiger partial charge >= 0.3 is 0 Å². The second-order valence-corrected chi connectivity index (χ2v) is 9.94. The summed E-state index contributed by atoms with van der Waals surface area (Å²) in [6.45, 7) is 2.09. The predicted molar refractivity (Wildman–Crippen MR) is 90.2 cm³/mol. The molecule has 1 heterocycles. The molecule has 1 aromatic heterocycles. The number of aromatic nitrogens is 2. The van der Waals surface area contributed by atoms with E-state index in [-0.39, 0.29) is 5.91 Å². The Morgan fingerprint density at radius 1 is 1.23 bits per heavy atom. The van der Waals surface area contributed by atoms with E-state index in [0.29, 0.717) is 17.0 Å². The van der Waals surface area contributed by atoms with Gasteiger partial charge in [0.05, 0.1) is 0 Å². The van der Waals surface area contributed by atoms with Gasteiger partial charge < -0.3 is 5.32 Å². The molecule has 4 nitrogen and oxygen atoms in total. The van der Waals surface area contributed by atoms with Crippen LogP contribution in [0.4, 0.5) is 5.13 Å². The topological polar surface area (TPSA) is 54.9 Å². The molecule has 0 spiro atoms. The van der Waals surface area contributed by atoms with Crippen LogP contribution in [0.15, 0.2) is 4.34 Å². The Balaban J connectivity index is 1.39. The molecular weight excluding hydrogens is 314 g/mol. The zero-order valence-corrected chi connectivity index (χ0v) is 14.6. The lowest BCUT2D eigenvalue weighted by atomic mass is 9.49. The Hall–Kier alpha value is -0.620. The van der Waals surface area contributed by atoms with Crippen LogP contribution in [0.3, 0.4) is 0 Å². The molecule has 0 saturated heterocycles. The second kappa shape index (κ2) is 5.78. The zero-order chi connectivity index (χ0) is 15.2. The van der Waals surface area contributed by atoms with E-state index >= 15 is 0 Å². The van der Waals surface area contributed by atoms with Crippen molar-refractivity contribution in [1.29, 1.82) is 0 Å². The summed E-state index contributed by atoms with van der Waals surface area (Å²) in [4.78, 5) is 12.5. The Morgan fingerprint density at radius 2 is 1.86 bits per heavy atom. The molecule has 0 atom stereocenters. The lowest BCUT2D eigenvalue weighted by Gasteiger charge is -2.56. The fraction of sp³-hybridized carbons (Fsp3) is 0.812. The first-order valence-corrected chi connectivity index (χ1v) is 10.2. The van der Waals surface area contributed by atoms with Gasteiger partial charge in [0.15, 0.2) is 4.34 Å². The average Bonchev–Trinajstić information content (AvgIpc) is 2.83. The van der Waals surface area contributed by atoms with E-state index in [1.807, 2.05) is 0 Å². The normalized spacial score (nSPS) is 35.8. The smallest absolute Gasteiger partial charge is 0.226 e. The maximum absolute atomic E-state index is 12.5. The van der Waals surface area contributed by atoms with Crippen molar-refractivity contribution in [3.8, 4) is 0 Å². The molecular formula is C16H23N3OS2. The lowest BCUT2D eigenvalue weighted by molar-refractivity contribution is -0.124. The van der Waals surface area contributed by atoms with E-state index in [1.165, 1.54) is 49.9 Å². The summed E-state index contributed by atoms with van der Waals surface area (Å²) in [5.74, 6) is 3.82. The maximum atomic E-state index is 12.5. The summed E-state index contributed by atoms with van der Waals surface area (Å²) < 4.78 is 0.938. The minimum atomic E-state index is 0.145. The lowest BCUT2D eigenvalue weighted by Crippen LogP contribution is -2.47. The summed E-state index contributed by atoms with van der Waals surface area (Å²) >= 11 is 3.16. The fourth-order valence-corrected chi connectivity index (χ4v) is 7.12. The molecule has 4 fully saturated rings. The first kappa shape index (κ1) is 14.9. The van der Waals surface area contributed by atoms with Gasteiger partial charge in [-0.1, -0.05) is 30.0 Å². The van der Waals surface area contributed by atoms with Crippen LogP contribution in [0.2, 0.25) is 0 Å². The predicted octanol–water partition coefficient (Wildman–Crippen LogP) is 4.20. The van der Waals surface area contributed by atoms with Gasteiger partial charge in [-0.25, -0.2) is 0 Å². The summed E-state index contributed by atoms with van der Waals surface area (Å²) in [6.07, 6.45) is 8.80. The van der Waals surface area contributed by atoms with Gasteiger partial charge in [0.2, 0.25) is 11.0 Å². The van der Waals surface area contributed by atoms with Crippen molar-refractivity contribution >= 4 is 34.1 Å². The third-order valence-corrected chi connectivity index (χ3v) is 7.48. The number of nitrogens with one attached hydrogen (secondary N) is 1. The highest BCUT2D eigenvalue weighted by molar-refractivity contribution is 8.01. The van der Waals surface area contributed by atoms with E-state index in [9.17, 15) is 4.79 Å². The van der Waals surface area contributed by atoms with Crippen LogP contribution in [0, 0.1) is 23.2 Å². The number of nitrogens with zero attached hydrogens (tertiary/aromatic N) is 2. The van der Waals surface area contributed by atoms with Gasteiger partial charge in [-0.3, -0.25) is 4.79 Å². The number of amides is 1. The number of carbonyl (C=O) groups is 1. The first-order valence-electron chi connectivity index (χ1n) is 8.40. The maximum Gasteiger partial charge on any atom is 0.226 e. The molecule has 1 amide bonds. The van der Waals surface area contributed by atoms with Crippen LogP contribution >= 0.6 is 23.1 Å². The highest BCUT2D eigenvalue weighted by Gasteiger charge is 2.51. The minimum absolute atomic E-state index is 0.145. The zero-order valence-electron chi connectivity index (χ0n) is 13.0. The fourth-order valence-electron chi connectivity index (χ4n) is 5.45. The minimum Gasteiger partial charge on any atom is -0.300 e. The Bertz CT molecular complexity index is 536. The number of rotatable bonds is 5. The van der Waals surface area contributed by atoms with Crippen LogP contribution in [0.1, 0.15) is 51.9 Å². The molecule has 4 bridgehead atoms. The third-order valence-electron chi connectivity index (χ3n) is 5.62. The molecule has 4 aliphatic carbocycles. The van der Waals surface area contributed by atoms with E-state index < -0.39 is 0 Å². The van der Waals surface area contributed by atoms with Crippen LogP contribution in [-0.4, -0.2) is 21.9 Å². The van der Waals surface area contributed by atoms with Crippen LogP contribution in [-0.2, 0) is 4.79 Å². The highest BCUT2D eigenvalue weighted by atomic mass is 32.2. The molecule has 0 aliphatic heterocycles. The molecule has 120 valence electrons. The highest BCUT2D eigenvalue weighted by Crippen LogP contribution is 2.61. The molecule has 0 unspecified atom stereocenters. The largest absolute Gasteiger partial charge is 0.300 e. The first-order chi connectivity index (χ1) is 10.6. The third kappa shape index (κ3) is 2.92. The van der Waals surface area contributed by atoms with E-state index in [2.05, 4.69) is 22.4 Å². The van der Waals surface area contributed by atoms with Gasteiger partial charge in [-0.05, 0) is 67.4 Å². The summed E-state index contributed by atoms with van der Waals surface area (Å²) in [5, 5.41) is 11.8. The molecule has 0 radical (unpaired) electrons. The van der Waals surface area contributed by atoms with Gasteiger partial charge in [0.1, 0.15) is 0 Å². The molecule has 22 heavy (non-hydrogen) atoms. The monoisotopic (exact) mass is 337 g/mol. The summed E-state index contributed by atoms with van der Waals surface area (Å²) in [6, 6.07) is 0. The molecule has 6 heteroatoms. The van der Waals surface area contributed by atoms with Crippen molar-refractivity contribution in [2.45, 2.75) is 56.2 Å². The Labute approximate surface area is 139 Å². The Kier molecular flexibility index (Phi) is 3.93. The standard InChI is InChI=1S/C16H23N3OS2/c1-2-21-15-19-18-14(22-15)17-13(20)9-16-6-10-3-11(7-16)5-12(4-10)8-16/h10-12H,2-9H2,1H3,(H,17,18,20). The van der Waals surface area contributed by atoms with E-state index in [4.69, 9.17) is 0 Å². The number of thioether (sulfide) groups is 1. The second-order valence-electron chi connectivity index (χ2n) is 7.45. The van der Waals surface area contributed by atoms with E-state index in [0.717, 1.165) is 27.8 Å². The van der Waals surface area contributed by atoms with Gasteiger partial charge in [-0.2, -0.15) is 0 Å². The number of hydrogen-bond acceptors (Lipinski definition) is 5. The van der Waals surface area contributed by atoms with Crippen LogP contribution < -0.4 is 5.32 Å². The van der Waals surface area contributed by atoms with Crippen LogP contribution in [0.25, 0.3) is 0 Å². The Morgan fingerprint density at radius 3 is 2.45 bits per heavy atom. The molecule has 1 aromatic rings. The van der Waals surface area contributed by atoms with Gasteiger partial charge in [-0.15, -0.1) is 10.2 Å². The SMILES string of the molecule is CCSc1nnc(NC(=O)CC23CC4CC(CC(C4)C2)C3)s1. The molecule has 5 rings (SSSR count). The summed E-state index contributed by atoms with van der Waals surface area (Å²) in [5.41, 5.74) is 0.296. The molecule has 1 N–H and O–H groups in total. The summed E-state index contributed by atoms with van der Waals surface area (Å²) in [7, 11) is 0. The van der Waals surface area contributed by atoms with Crippen molar-refractivity contribution in [3.05, 3.63) is 0 Å². The number of hydrogen-bond donors (Lipinski definition) is 1. The average molecular weight is 338 g/mol. The van der Waals surface area contributed by atoms with Crippen molar-refractivity contribution in [1.82, 2.24) is 10.2 Å². The van der Waals surface area contributed by atoms with Crippen molar-refractivity contribution in [3.63, 3.8) is 0 Å². The van der Waals surface area contributed by atoms with Crippen molar-refractivity contribution in [2.75, 3.05) is 11.1 Å². The van der Waals surface area contributed by atoms with E-state index in [1.54, 1.807) is 11.8 Å². The molecule has 0 aromatic carbocycles. The van der Waals surface area contributed by atoms with Crippen molar-refractivity contribution < 1.29 is 4.79 Å².